The fourth-order valence-corrected chi connectivity index (χ4v) is 4.55. The number of carbonyl (C=O) groups excluding carboxylic acids is 1. The number of rotatable bonds is 3. The molecule has 2 saturated heterocycles. The molecule has 0 spiro atoms. The van der Waals surface area contributed by atoms with Crippen LogP contribution in [0.3, 0.4) is 0 Å². The first kappa shape index (κ1) is 22.6. The van der Waals surface area contributed by atoms with Gasteiger partial charge in [-0.05, 0) is 49.7 Å². The summed E-state index contributed by atoms with van der Waals surface area (Å²) in [5.74, 6) is -6.43. The monoisotopic (exact) mass is 483 g/mol. The molecule has 5 rings (SSSR count). The molecule has 12 heteroatoms. The van der Waals surface area contributed by atoms with E-state index >= 15 is 0 Å². The van der Waals surface area contributed by atoms with Gasteiger partial charge in [-0.1, -0.05) is 0 Å². The second-order valence-electron chi connectivity index (χ2n) is 8.49. The summed E-state index contributed by atoms with van der Waals surface area (Å²) in [6, 6.07) is 6.37. The number of amides is 1. The molecule has 0 aliphatic carbocycles. The summed E-state index contributed by atoms with van der Waals surface area (Å²) < 4.78 is 82.4. The van der Waals surface area contributed by atoms with E-state index in [1.54, 1.807) is 0 Å². The number of piperazine rings is 1. The fourth-order valence-electron chi connectivity index (χ4n) is 4.55. The molecule has 1 atom stereocenters. The van der Waals surface area contributed by atoms with Crippen molar-refractivity contribution in [3.63, 3.8) is 0 Å². The summed E-state index contributed by atoms with van der Waals surface area (Å²) >= 11 is 0. The summed E-state index contributed by atoms with van der Waals surface area (Å²) in [6.07, 6.45) is -3.96. The van der Waals surface area contributed by atoms with Crippen LogP contribution < -0.4 is 0 Å². The zero-order valence-electron chi connectivity index (χ0n) is 17.7. The molecule has 2 aromatic heterocycles. The number of hydrogen-bond donors (Lipinski definition) is 0. The van der Waals surface area contributed by atoms with E-state index in [0.29, 0.717) is 30.2 Å². The number of hydrogen-bond acceptors (Lipinski definition) is 4. The summed E-state index contributed by atoms with van der Waals surface area (Å²) in [4.78, 5) is 21.0. The second-order valence-corrected chi connectivity index (χ2v) is 8.49. The fraction of sp³-hybridized carbons (Fsp3) is 0.409. The zero-order valence-corrected chi connectivity index (χ0v) is 17.7. The Balaban J connectivity index is 1.59. The predicted molar refractivity (Wildman–Crippen MR) is 109 cm³/mol. The Morgan fingerprint density at radius 2 is 1.74 bits per heavy atom. The topological polar surface area (TPSA) is 53.7 Å². The molecule has 2 aliphatic heterocycles. The van der Waals surface area contributed by atoms with Gasteiger partial charge in [0.05, 0.1) is 5.69 Å². The van der Waals surface area contributed by atoms with Crippen molar-refractivity contribution < 1.29 is 31.1 Å². The normalized spacial score (nSPS) is 19.6. The molecular weight excluding hydrogens is 464 g/mol. The maximum absolute atomic E-state index is 14.5. The lowest BCUT2D eigenvalue weighted by molar-refractivity contribution is -0.291. The molecule has 180 valence electrons. The van der Waals surface area contributed by atoms with Crippen LogP contribution in [0, 0.1) is 5.82 Å². The average Bonchev–Trinajstić information content (AvgIpc) is 3.43. The highest BCUT2D eigenvalue weighted by Gasteiger charge is 2.60. The van der Waals surface area contributed by atoms with Crippen molar-refractivity contribution in [2.45, 2.75) is 31.0 Å². The van der Waals surface area contributed by atoms with Gasteiger partial charge in [-0.25, -0.2) is 13.9 Å². The highest BCUT2D eigenvalue weighted by Crippen LogP contribution is 2.44. The van der Waals surface area contributed by atoms with E-state index in [-0.39, 0.29) is 28.6 Å². The Morgan fingerprint density at radius 3 is 2.44 bits per heavy atom. The van der Waals surface area contributed by atoms with Crippen LogP contribution in [-0.4, -0.2) is 68.7 Å². The summed E-state index contributed by atoms with van der Waals surface area (Å²) in [5, 5.41) is 3.81. The largest absolute Gasteiger partial charge is 0.459 e. The number of aromatic nitrogens is 3. The van der Waals surface area contributed by atoms with E-state index in [2.05, 4.69) is 15.0 Å². The summed E-state index contributed by atoms with van der Waals surface area (Å²) in [7, 11) is 0. The van der Waals surface area contributed by atoms with Gasteiger partial charge >= 0.3 is 12.1 Å². The number of nitrogens with zero attached hydrogens (tertiary/aromatic N) is 5. The predicted octanol–water partition coefficient (Wildman–Crippen LogP) is 4.11. The van der Waals surface area contributed by atoms with Gasteiger partial charge in [0.2, 0.25) is 0 Å². The number of fused-ring (bicyclic) bond motifs is 2. The first-order valence-corrected chi connectivity index (χ1v) is 10.7. The molecule has 1 amide bonds. The van der Waals surface area contributed by atoms with Crippen LogP contribution in [0.4, 0.5) is 26.3 Å². The Bertz CT molecular complexity index is 1240. The minimum absolute atomic E-state index is 0.134. The first-order valence-electron chi connectivity index (χ1n) is 10.7. The number of halogens is 6. The quantitative estimate of drug-likeness (QED) is 0.527. The third kappa shape index (κ3) is 3.79. The average molecular weight is 483 g/mol. The molecule has 6 nitrogen and oxygen atoms in total. The van der Waals surface area contributed by atoms with Crippen LogP contribution in [0.25, 0.3) is 16.9 Å². The van der Waals surface area contributed by atoms with E-state index in [9.17, 15) is 31.1 Å². The lowest BCUT2D eigenvalue weighted by Crippen LogP contribution is -2.52. The lowest BCUT2D eigenvalue weighted by atomic mass is 10.1. The molecular formula is C22H19F6N5O. The van der Waals surface area contributed by atoms with Crippen molar-refractivity contribution >= 4 is 11.6 Å². The Hall–Kier alpha value is -3.15. The summed E-state index contributed by atoms with van der Waals surface area (Å²) in [5.41, 5.74) is -2.19. The second kappa shape index (κ2) is 7.97. The Morgan fingerprint density at radius 1 is 1.00 bits per heavy atom. The smallest absolute Gasteiger partial charge is 0.334 e. The number of alkyl halides is 5. The van der Waals surface area contributed by atoms with Crippen LogP contribution in [0.2, 0.25) is 0 Å². The molecule has 0 unspecified atom stereocenters. The standard InChI is InChI=1S/C22H19F6N5O/c23-14-5-3-13(4-6-14)16-10-18(21(24,25)22(26,27)28)33-19(29-16)11-17(30-33)20(34)32-9-8-31-7-1-2-15(31)12-32/h3-6,10-11,15H,1-2,7-9,12H2/t15-/m1/s1. The van der Waals surface area contributed by atoms with Crippen molar-refractivity contribution in [2.24, 2.45) is 0 Å². The van der Waals surface area contributed by atoms with Crippen molar-refractivity contribution in [2.75, 3.05) is 26.2 Å². The van der Waals surface area contributed by atoms with Crippen molar-refractivity contribution in [1.82, 2.24) is 24.4 Å². The van der Waals surface area contributed by atoms with E-state index in [4.69, 9.17) is 0 Å². The van der Waals surface area contributed by atoms with Crippen molar-refractivity contribution in [1.29, 1.82) is 0 Å². The van der Waals surface area contributed by atoms with Gasteiger partial charge in [-0.2, -0.15) is 27.1 Å². The van der Waals surface area contributed by atoms with Crippen LogP contribution in [0.5, 0.6) is 0 Å². The van der Waals surface area contributed by atoms with E-state index in [0.717, 1.165) is 37.6 Å². The molecule has 0 N–H and O–H groups in total. The van der Waals surface area contributed by atoms with Gasteiger partial charge in [-0.3, -0.25) is 9.69 Å². The number of carbonyl (C=O) groups is 1. The van der Waals surface area contributed by atoms with Crippen molar-refractivity contribution in [3.05, 3.63) is 53.6 Å². The number of benzene rings is 1. The maximum atomic E-state index is 14.5. The van der Waals surface area contributed by atoms with Gasteiger partial charge in [0.15, 0.2) is 11.3 Å². The lowest BCUT2D eigenvalue weighted by Gasteiger charge is -2.37. The van der Waals surface area contributed by atoms with Crippen LogP contribution in [-0.2, 0) is 5.92 Å². The third-order valence-corrected chi connectivity index (χ3v) is 6.34. The van der Waals surface area contributed by atoms with E-state index in [1.807, 2.05) is 0 Å². The summed E-state index contributed by atoms with van der Waals surface area (Å²) in [6.45, 7) is 2.46. The molecule has 4 heterocycles. The van der Waals surface area contributed by atoms with E-state index in [1.165, 1.54) is 17.0 Å². The maximum Gasteiger partial charge on any atom is 0.459 e. The minimum atomic E-state index is -5.91. The minimum Gasteiger partial charge on any atom is -0.334 e. The molecule has 1 aromatic carbocycles. The molecule has 0 saturated carbocycles. The molecule has 2 fully saturated rings. The first-order chi connectivity index (χ1) is 16.0. The van der Waals surface area contributed by atoms with Crippen LogP contribution >= 0.6 is 0 Å². The molecule has 34 heavy (non-hydrogen) atoms. The molecule has 0 bridgehead atoms. The zero-order chi connectivity index (χ0) is 24.3. The van der Waals surface area contributed by atoms with Gasteiger partial charge in [0, 0.05) is 37.3 Å². The SMILES string of the molecule is O=C(c1cc2nc(-c3ccc(F)cc3)cc(C(F)(F)C(F)(F)F)n2n1)N1CCN2CCC[C@@H]2C1. The Labute approximate surface area is 189 Å². The van der Waals surface area contributed by atoms with Gasteiger partial charge in [-0.15, -0.1) is 0 Å². The third-order valence-electron chi connectivity index (χ3n) is 6.34. The highest BCUT2D eigenvalue weighted by molar-refractivity contribution is 5.93. The van der Waals surface area contributed by atoms with Gasteiger partial charge in [0.1, 0.15) is 11.5 Å². The Kier molecular flexibility index (Phi) is 5.30. The van der Waals surface area contributed by atoms with Crippen LogP contribution in [0.1, 0.15) is 29.0 Å². The van der Waals surface area contributed by atoms with Crippen molar-refractivity contribution in [3.8, 4) is 11.3 Å². The van der Waals surface area contributed by atoms with Gasteiger partial charge in [0.25, 0.3) is 5.91 Å². The van der Waals surface area contributed by atoms with Gasteiger partial charge < -0.3 is 4.90 Å². The highest BCUT2D eigenvalue weighted by atomic mass is 19.4. The molecule has 2 aliphatic rings. The molecule has 3 aromatic rings. The molecule has 0 radical (unpaired) electrons. The van der Waals surface area contributed by atoms with Crippen LogP contribution in [0.15, 0.2) is 36.4 Å². The van der Waals surface area contributed by atoms with E-state index < -0.39 is 29.5 Å².